The van der Waals surface area contributed by atoms with Crippen molar-refractivity contribution in [2.75, 3.05) is 11.1 Å². The quantitative estimate of drug-likeness (QED) is 0.753. The first-order chi connectivity index (χ1) is 9.86. The van der Waals surface area contributed by atoms with Crippen molar-refractivity contribution in [3.8, 4) is 0 Å². The molecule has 0 atom stereocenters. The summed E-state index contributed by atoms with van der Waals surface area (Å²) in [5.74, 6) is -1.71. The standard InChI is InChI=1S/C14H10Cl2N2O3/c15-8-3-7(4-9(16)5-8)13(19)18-12-6-10(17)1-2-11(12)14(20)21/h1-6H,17H2,(H,18,19)(H,20,21). The van der Waals surface area contributed by atoms with E-state index in [1.54, 1.807) is 0 Å². The van der Waals surface area contributed by atoms with Gasteiger partial charge >= 0.3 is 5.97 Å². The monoisotopic (exact) mass is 324 g/mol. The van der Waals surface area contributed by atoms with Gasteiger partial charge in [0.1, 0.15) is 0 Å². The zero-order valence-corrected chi connectivity index (χ0v) is 12.1. The van der Waals surface area contributed by atoms with Crippen LogP contribution >= 0.6 is 23.2 Å². The highest BCUT2D eigenvalue weighted by molar-refractivity contribution is 6.35. The number of benzene rings is 2. The van der Waals surface area contributed by atoms with Crippen molar-refractivity contribution in [3.05, 3.63) is 57.6 Å². The van der Waals surface area contributed by atoms with E-state index in [0.717, 1.165) is 0 Å². The number of hydrogen-bond donors (Lipinski definition) is 3. The molecule has 0 bridgehead atoms. The predicted molar refractivity (Wildman–Crippen MR) is 82.2 cm³/mol. The van der Waals surface area contributed by atoms with Crippen LogP contribution in [0.5, 0.6) is 0 Å². The van der Waals surface area contributed by atoms with Gasteiger partial charge in [0.2, 0.25) is 0 Å². The number of nitrogens with two attached hydrogens (primary N) is 1. The van der Waals surface area contributed by atoms with Gasteiger partial charge in [-0.3, -0.25) is 4.79 Å². The second kappa shape index (κ2) is 6.03. The van der Waals surface area contributed by atoms with Crippen molar-refractivity contribution < 1.29 is 14.7 Å². The first-order valence-electron chi connectivity index (χ1n) is 5.77. The van der Waals surface area contributed by atoms with Gasteiger partial charge in [0.25, 0.3) is 5.91 Å². The third kappa shape index (κ3) is 3.65. The molecule has 0 radical (unpaired) electrons. The average molecular weight is 325 g/mol. The highest BCUT2D eigenvalue weighted by Gasteiger charge is 2.14. The van der Waals surface area contributed by atoms with Gasteiger partial charge in [-0.15, -0.1) is 0 Å². The van der Waals surface area contributed by atoms with Gasteiger partial charge in [-0.25, -0.2) is 4.79 Å². The van der Waals surface area contributed by atoms with Gasteiger partial charge in [-0.2, -0.15) is 0 Å². The highest BCUT2D eigenvalue weighted by Crippen LogP contribution is 2.23. The molecule has 21 heavy (non-hydrogen) atoms. The van der Waals surface area contributed by atoms with Gasteiger partial charge in [-0.05, 0) is 36.4 Å². The Balaban J connectivity index is 2.35. The maximum absolute atomic E-state index is 12.1. The third-order valence-electron chi connectivity index (χ3n) is 2.65. The lowest BCUT2D eigenvalue weighted by Gasteiger charge is -2.10. The molecule has 1 amide bonds. The molecule has 0 aliphatic heterocycles. The van der Waals surface area contributed by atoms with Crippen molar-refractivity contribution in [3.63, 3.8) is 0 Å². The van der Waals surface area contributed by atoms with Gasteiger partial charge in [-0.1, -0.05) is 23.2 Å². The number of nitrogens with one attached hydrogen (secondary N) is 1. The minimum absolute atomic E-state index is 0.0642. The maximum atomic E-state index is 12.1. The molecule has 0 heterocycles. The third-order valence-corrected chi connectivity index (χ3v) is 3.08. The number of anilines is 2. The SMILES string of the molecule is Nc1ccc(C(=O)O)c(NC(=O)c2cc(Cl)cc(Cl)c2)c1. The highest BCUT2D eigenvalue weighted by atomic mass is 35.5. The van der Waals surface area contributed by atoms with Crippen LogP contribution in [0.1, 0.15) is 20.7 Å². The molecule has 0 aromatic heterocycles. The molecule has 4 N–H and O–H groups in total. The number of carboxylic acid groups (broad SMARTS) is 1. The van der Waals surface area contributed by atoms with Gasteiger partial charge < -0.3 is 16.2 Å². The summed E-state index contributed by atoms with van der Waals surface area (Å²) >= 11 is 11.7. The Labute approximate surface area is 130 Å². The van der Waals surface area contributed by atoms with E-state index in [1.807, 2.05) is 0 Å². The fraction of sp³-hybridized carbons (Fsp3) is 0. The van der Waals surface area contributed by atoms with E-state index in [4.69, 9.17) is 34.0 Å². The van der Waals surface area contributed by atoms with Gasteiger partial charge in [0.15, 0.2) is 0 Å². The Bertz CT molecular complexity index is 712. The second-order valence-corrected chi connectivity index (χ2v) is 5.10. The van der Waals surface area contributed by atoms with Crippen LogP contribution < -0.4 is 11.1 Å². The van der Waals surface area contributed by atoms with Crippen molar-refractivity contribution in [2.24, 2.45) is 0 Å². The van der Waals surface area contributed by atoms with Crippen molar-refractivity contribution in [1.82, 2.24) is 0 Å². The average Bonchev–Trinajstić information content (AvgIpc) is 2.37. The number of carboxylic acids is 1. The summed E-state index contributed by atoms with van der Waals surface area (Å²) in [4.78, 5) is 23.3. The summed E-state index contributed by atoms with van der Waals surface area (Å²) in [5, 5.41) is 12.2. The molecular formula is C14H10Cl2N2O3. The lowest BCUT2D eigenvalue weighted by atomic mass is 10.1. The summed E-state index contributed by atoms with van der Waals surface area (Å²) < 4.78 is 0. The molecule has 7 heteroatoms. The van der Waals surface area contributed by atoms with Crippen LogP contribution in [0, 0.1) is 0 Å². The minimum atomic E-state index is -1.17. The molecule has 2 aromatic rings. The molecule has 2 aromatic carbocycles. The van der Waals surface area contributed by atoms with Crippen molar-refractivity contribution in [2.45, 2.75) is 0 Å². The minimum Gasteiger partial charge on any atom is -0.478 e. The number of halogens is 2. The Kier molecular flexibility index (Phi) is 4.35. The zero-order valence-electron chi connectivity index (χ0n) is 10.6. The van der Waals surface area contributed by atoms with E-state index in [0.29, 0.717) is 15.7 Å². The second-order valence-electron chi connectivity index (χ2n) is 4.22. The number of aromatic carboxylic acids is 1. The Hall–Kier alpha value is -2.24. The lowest BCUT2D eigenvalue weighted by molar-refractivity contribution is 0.0698. The van der Waals surface area contributed by atoms with E-state index in [1.165, 1.54) is 36.4 Å². The molecule has 0 aliphatic carbocycles. The van der Waals surface area contributed by atoms with E-state index in [-0.39, 0.29) is 16.8 Å². The first-order valence-corrected chi connectivity index (χ1v) is 6.52. The molecule has 0 saturated carbocycles. The molecule has 2 rings (SSSR count). The zero-order chi connectivity index (χ0) is 15.6. The molecule has 0 aliphatic rings. The number of carbonyl (C=O) groups is 2. The molecule has 5 nitrogen and oxygen atoms in total. The summed E-state index contributed by atoms with van der Waals surface area (Å²) in [6, 6.07) is 8.47. The van der Waals surface area contributed by atoms with Crippen LogP contribution in [0.4, 0.5) is 11.4 Å². The van der Waals surface area contributed by atoms with Crippen LogP contribution in [0.25, 0.3) is 0 Å². The molecule has 108 valence electrons. The smallest absolute Gasteiger partial charge is 0.337 e. The molecule has 0 saturated heterocycles. The van der Waals surface area contributed by atoms with Crippen LogP contribution in [0.3, 0.4) is 0 Å². The first kappa shape index (κ1) is 15.2. The number of hydrogen-bond acceptors (Lipinski definition) is 3. The van der Waals surface area contributed by atoms with Crippen molar-refractivity contribution >= 4 is 46.5 Å². The van der Waals surface area contributed by atoms with E-state index >= 15 is 0 Å². The summed E-state index contributed by atoms with van der Waals surface area (Å²) in [7, 11) is 0. The van der Waals surface area contributed by atoms with Gasteiger partial charge in [0.05, 0.1) is 11.3 Å². The fourth-order valence-electron chi connectivity index (χ4n) is 1.73. The molecule has 0 unspecified atom stereocenters. The van der Waals surface area contributed by atoms with Gasteiger partial charge in [0, 0.05) is 21.3 Å². The molecule has 0 fully saturated rings. The van der Waals surface area contributed by atoms with Crippen LogP contribution in [0.15, 0.2) is 36.4 Å². The fourth-order valence-corrected chi connectivity index (χ4v) is 2.26. The molecule has 0 spiro atoms. The Morgan fingerprint density at radius 2 is 1.67 bits per heavy atom. The van der Waals surface area contributed by atoms with Crippen LogP contribution in [-0.4, -0.2) is 17.0 Å². The number of carbonyl (C=O) groups excluding carboxylic acids is 1. The summed E-state index contributed by atoms with van der Waals surface area (Å²) in [6.07, 6.45) is 0. The van der Waals surface area contributed by atoms with E-state index < -0.39 is 11.9 Å². The maximum Gasteiger partial charge on any atom is 0.337 e. The van der Waals surface area contributed by atoms with E-state index in [9.17, 15) is 9.59 Å². The Morgan fingerprint density at radius 1 is 1.05 bits per heavy atom. The Morgan fingerprint density at radius 3 is 2.24 bits per heavy atom. The topological polar surface area (TPSA) is 92.4 Å². The largest absolute Gasteiger partial charge is 0.478 e. The number of rotatable bonds is 3. The predicted octanol–water partition coefficient (Wildman–Crippen LogP) is 3.53. The summed E-state index contributed by atoms with van der Waals surface area (Å²) in [6.45, 7) is 0. The van der Waals surface area contributed by atoms with Crippen molar-refractivity contribution in [1.29, 1.82) is 0 Å². The number of nitrogen functional groups attached to an aromatic ring is 1. The van der Waals surface area contributed by atoms with Crippen LogP contribution in [0.2, 0.25) is 10.0 Å². The normalized spacial score (nSPS) is 10.2. The van der Waals surface area contributed by atoms with Crippen LogP contribution in [-0.2, 0) is 0 Å². The molecular weight excluding hydrogens is 315 g/mol. The summed E-state index contributed by atoms with van der Waals surface area (Å²) in [5.41, 5.74) is 6.19. The van der Waals surface area contributed by atoms with E-state index in [2.05, 4.69) is 5.32 Å². The number of amides is 1. The lowest BCUT2D eigenvalue weighted by Crippen LogP contribution is -2.15.